The molecule has 0 amide bonds. The average Bonchev–Trinajstić information content (AvgIpc) is 2.54. The summed E-state index contributed by atoms with van der Waals surface area (Å²) >= 11 is 0. The highest BCUT2D eigenvalue weighted by molar-refractivity contribution is 7.89. The van der Waals surface area contributed by atoms with Gasteiger partial charge in [0.1, 0.15) is 4.90 Å². The monoisotopic (exact) mass is 309 g/mol. The molecule has 1 aliphatic carbocycles. The molecule has 2 unspecified atom stereocenters. The highest BCUT2D eigenvalue weighted by Crippen LogP contribution is 2.37. The summed E-state index contributed by atoms with van der Waals surface area (Å²) in [4.78, 5) is 4.39. The number of hydrogen-bond donors (Lipinski definition) is 1. The summed E-state index contributed by atoms with van der Waals surface area (Å²) in [5.41, 5.74) is 6.10. The fourth-order valence-electron chi connectivity index (χ4n) is 3.74. The van der Waals surface area contributed by atoms with Crippen LogP contribution in [0.5, 0.6) is 0 Å². The average molecular weight is 309 g/mol. The summed E-state index contributed by atoms with van der Waals surface area (Å²) in [6.45, 7) is 1.43. The van der Waals surface area contributed by atoms with E-state index in [2.05, 4.69) is 4.98 Å². The minimum absolute atomic E-state index is 0.148. The zero-order valence-corrected chi connectivity index (χ0v) is 13.1. The van der Waals surface area contributed by atoms with E-state index < -0.39 is 10.0 Å². The normalized spacial score (nSPS) is 27.3. The number of nitrogens with two attached hydrogens (primary N) is 1. The molecule has 1 saturated heterocycles. The van der Waals surface area contributed by atoms with E-state index in [-0.39, 0.29) is 11.4 Å². The molecule has 0 spiro atoms. The molecule has 21 heavy (non-hydrogen) atoms. The summed E-state index contributed by atoms with van der Waals surface area (Å²) in [6, 6.07) is 3.29. The van der Waals surface area contributed by atoms with Crippen LogP contribution in [-0.2, 0) is 16.6 Å². The van der Waals surface area contributed by atoms with Crippen molar-refractivity contribution in [1.82, 2.24) is 9.29 Å². The standard InChI is InChI=1S/C15H23N3O2S/c16-10-14-15(6-3-8-17-14)21(19,20)18-9-7-12-4-1-2-5-13(12)11-18/h3,6,8,12-13H,1-2,4-5,7,9-11,16H2. The third kappa shape index (κ3) is 2.84. The van der Waals surface area contributed by atoms with E-state index in [4.69, 9.17) is 5.73 Å². The first-order chi connectivity index (χ1) is 10.1. The van der Waals surface area contributed by atoms with E-state index in [1.54, 1.807) is 22.6 Å². The highest BCUT2D eigenvalue weighted by atomic mass is 32.2. The first-order valence-corrected chi connectivity index (χ1v) is 9.21. The molecule has 0 radical (unpaired) electrons. The Bertz CT molecular complexity index is 603. The maximum absolute atomic E-state index is 12.9. The Kier molecular flexibility index (Phi) is 4.28. The van der Waals surface area contributed by atoms with Crippen molar-refractivity contribution >= 4 is 10.0 Å². The van der Waals surface area contributed by atoms with Gasteiger partial charge in [-0.2, -0.15) is 4.31 Å². The van der Waals surface area contributed by atoms with Crippen molar-refractivity contribution in [2.45, 2.75) is 43.5 Å². The third-order valence-electron chi connectivity index (χ3n) is 4.91. The molecule has 5 nitrogen and oxygen atoms in total. The van der Waals surface area contributed by atoms with Gasteiger partial charge in [-0.05, 0) is 36.8 Å². The molecule has 2 aliphatic rings. The van der Waals surface area contributed by atoms with Crippen molar-refractivity contribution < 1.29 is 8.42 Å². The van der Waals surface area contributed by atoms with Gasteiger partial charge in [0, 0.05) is 25.8 Å². The lowest BCUT2D eigenvalue weighted by Gasteiger charge is -2.40. The van der Waals surface area contributed by atoms with Gasteiger partial charge in [-0.15, -0.1) is 0 Å². The van der Waals surface area contributed by atoms with Crippen molar-refractivity contribution in [3.63, 3.8) is 0 Å². The summed E-state index contributed by atoms with van der Waals surface area (Å²) in [7, 11) is -3.46. The molecule has 2 fully saturated rings. The maximum Gasteiger partial charge on any atom is 0.244 e. The number of fused-ring (bicyclic) bond motifs is 1. The molecular weight excluding hydrogens is 286 g/mol. The maximum atomic E-state index is 12.9. The number of hydrogen-bond acceptors (Lipinski definition) is 4. The molecule has 3 rings (SSSR count). The van der Waals surface area contributed by atoms with Gasteiger partial charge < -0.3 is 5.73 Å². The van der Waals surface area contributed by atoms with Crippen molar-refractivity contribution in [2.24, 2.45) is 17.6 Å². The lowest BCUT2D eigenvalue weighted by atomic mass is 9.76. The Labute approximate surface area is 126 Å². The third-order valence-corrected chi connectivity index (χ3v) is 6.85. The van der Waals surface area contributed by atoms with Gasteiger partial charge in [-0.3, -0.25) is 4.98 Å². The van der Waals surface area contributed by atoms with Crippen LogP contribution in [0.15, 0.2) is 23.2 Å². The van der Waals surface area contributed by atoms with Crippen LogP contribution < -0.4 is 5.73 Å². The lowest BCUT2D eigenvalue weighted by Crippen LogP contribution is -2.45. The van der Waals surface area contributed by atoms with Crippen LogP contribution in [0, 0.1) is 11.8 Å². The molecular formula is C15H23N3O2S. The predicted molar refractivity (Wildman–Crippen MR) is 81.0 cm³/mol. The second kappa shape index (κ2) is 6.02. The fraction of sp³-hybridized carbons (Fsp3) is 0.667. The van der Waals surface area contributed by atoms with Crippen molar-refractivity contribution in [3.8, 4) is 0 Å². The minimum Gasteiger partial charge on any atom is -0.325 e. The van der Waals surface area contributed by atoms with E-state index >= 15 is 0 Å². The van der Waals surface area contributed by atoms with Crippen LogP contribution in [-0.4, -0.2) is 30.8 Å². The number of rotatable bonds is 3. The van der Waals surface area contributed by atoms with Crippen molar-refractivity contribution in [3.05, 3.63) is 24.0 Å². The molecule has 0 bridgehead atoms. The second-order valence-electron chi connectivity index (χ2n) is 6.11. The molecule has 0 aromatic carbocycles. The highest BCUT2D eigenvalue weighted by Gasteiger charge is 2.37. The Morgan fingerprint density at radius 1 is 1.24 bits per heavy atom. The first kappa shape index (κ1) is 14.9. The Hall–Kier alpha value is -0.980. The zero-order valence-electron chi connectivity index (χ0n) is 12.2. The van der Waals surface area contributed by atoms with Gasteiger partial charge in [0.25, 0.3) is 0 Å². The van der Waals surface area contributed by atoms with Crippen LogP contribution in [0.25, 0.3) is 0 Å². The Morgan fingerprint density at radius 2 is 2.00 bits per heavy atom. The van der Waals surface area contributed by atoms with E-state index in [9.17, 15) is 8.42 Å². The molecule has 1 aromatic heterocycles. The molecule has 2 atom stereocenters. The van der Waals surface area contributed by atoms with Gasteiger partial charge in [0.05, 0.1) is 5.69 Å². The van der Waals surface area contributed by atoms with Crippen LogP contribution in [0.4, 0.5) is 0 Å². The first-order valence-electron chi connectivity index (χ1n) is 7.77. The van der Waals surface area contributed by atoms with Gasteiger partial charge in [0.2, 0.25) is 10.0 Å². The summed E-state index contributed by atoms with van der Waals surface area (Å²) < 4.78 is 27.4. The van der Waals surface area contributed by atoms with Gasteiger partial charge >= 0.3 is 0 Å². The number of pyridine rings is 1. The van der Waals surface area contributed by atoms with Gasteiger partial charge in [-0.25, -0.2) is 8.42 Å². The van der Waals surface area contributed by atoms with Crippen LogP contribution in [0.1, 0.15) is 37.8 Å². The van der Waals surface area contributed by atoms with Crippen LogP contribution >= 0.6 is 0 Å². The van der Waals surface area contributed by atoms with Gasteiger partial charge in [0.15, 0.2) is 0 Å². The molecule has 116 valence electrons. The fourth-order valence-corrected chi connectivity index (χ4v) is 5.43. The Balaban J connectivity index is 1.85. The number of piperidine rings is 1. The van der Waals surface area contributed by atoms with Crippen molar-refractivity contribution in [1.29, 1.82) is 0 Å². The van der Waals surface area contributed by atoms with E-state index in [0.29, 0.717) is 30.6 Å². The number of aromatic nitrogens is 1. The van der Waals surface area contributed by atoms with E-state index in [1.165, 1.54) is 19.3 Å². The van der Waals surface area contributed by atoms with E-state index in [1.807, 2.05) is 0 Å². The zero-order chi connectivity index (χ0) is 14.9. The van der Waals surface area contributed by atoms with Crippen molar-refractivity contribution in [2.75, 3.05) is 13.1 Å². The predicted octanol–water partition coefficient (Wildman–Crippen LogP) is 1.74. The smallest absolute Gasteiger partial charge is 0.244 e. The quantitative estimate of drug-likeness (QED) is 0.922. The second-order valence-corrected chi connectivity index (χ2v) is 8.02. The lowest BCUT2D eigenvalue weighted by molar-refractivity contribution is 0.136. The molecule has 1 aliphatic heterocycles. The number of nitrogens with zero attached hydrogens (tertiary/aromatic N) is 2. The molecule has 6 heteroatoms. The topological polar surface area (TPSA) is 76.3 Å². The van der Waals surface area contributed by atoms with Crippen LogP contribution in [0.3, 0.4) is 0 Å². The molecule has 2 heterocycles. The van der Waals surface area contributed by atoms with Crippen LogP contribution in [0.2, 0.25) is 0 Å². The largest absolute Gasteiger partial charge is 0.325 e. The SMILES string of the molecule is NCc1ncccc1S(=O)(=O)N1CCC2CCCCC2C1. The van der Waals surface area contributed by atoms with E-state index in [0.717, 1.165) is 12.8 Å². The summed E-state index contributed by atoms with van der Waals surface area (Å²) in [5, 5.41) is 0. The minimum atomic E-state index is -3.46. The summed E-state index contributed by atoms with van der Waals surface area (Å²) in [5.74, 6) is 1.24. The molecule has 1 saturated carbocycles. The number of sulfonamides is 1. The Morgan fingerprint density at radius 3 is 2.76 bits per heavy atom. The molecule has 1 aromatic rings. The summed E-state index contributed by atoms with van der Waals surface area (Å²) in [6.07, 6.45) is 7.54. The van der Waals surface area contributed by atoms with Gasteiger partial charge in [-0.1, -0.05) is 19.3 Å². The molecule has 2 N–H and O–H groups in total.